The van der Waals surface area contributed by atoms with Crippen LogP contribution in [0.2, 0.25) is 5.28 Å². The van der Waals surface area contributed by atoms with Crippen molar-refractivity contribution in [3.63, 3.8) is 0 Å². The minimum atomic E-state index is -3.81. The molecule has 0 radical (unpaired) electrons. The Morgan fingerprint density at radius 3 is 2.55 bits per heavy atom. The van der Waals surface area contributed by atoms with E-state index in [0.717, 1.165) is 0 Å². The molecular formula is C14H13ClF2N2O2S. The van der Waals surface area contributed by atoms with Crippen molar-refractivity contribution in [1.82, 2.24) is 9.55 Å². The summed E-state index contributed by atoms with van der Waals surface area (Å²) < 4.78 is 50.3. The minimum absolute atomic E-state index is 0.0182. The molecule has 0 saturated carbocycles. The molecule has 1 aromatic heterocycles. The van der Waals surface area contributed by atoms with Crippen LogP contribution < -0.4 is 0 Å². The van der Waals surface area contributed by atoms with Gasteiger partial charge in [0, 0.05) is 12.6 Å². The molecule has 2 rings (SSSR count). The molecule has 4 nitrogen and oxygen atoms in total. The maximum absolute atomic E-state index is 12.4. The fourth-order valence-corrected chi connectivity index (χ4v) is 3.82. The number of hydrogen-bond acceptors (Lipinski definition) is 3. The molecule has 0 spiro atoms. The topological polar surface area (TPSA) is 52.0 Å². The molecule has 0 fully saturated rings. The van der Waals surface area contributed by atoms with E-state index in [0.29, 0.717) is 11.6 Å². The molecule has 1 heterocycles. The van der Waals surface area contributed by atoms with Crippen molar-refractivity contribution >= 4 is 21.4 Å². The number of hydrogen-bond donors (Lipinski definition) is 0. The Morgan fingerprint density at radius 2 is 1.95 bits per heavy atom. The first-order valence-electron chi connectivity index (χ1n) is 6.34. The second-order valence-electron chi connectivity index (χ2n) is 4.56. The summed E-state index contributed by atoms with van der Waals surface area (Å²) in [7, 11) is -2.33. The normalized spacial score (nSPS) is 11.5. The van der Waals surface area contributed by atoms with Crippen LogP contribution >= 0.6 is 11.6 Å². The highest BCUT2D eigenvalue weighted by Crippen LogP contribution is 2.30. The fourth-order valence-electron chi connectivity index (χ4n) is 2.02. The van der Waals surface area contributed by atoms with Gasteiger partial charge in [0.05, 0.1) is 5.75 Å². The van der Waals surface area contributed by atoms with Crippen LogP contribution in [0.4, 0.5) is 8.78 Å². The third kappa shape index (κ3) is 3.53. The smallest absolute Gasteiger partial charge is 0.266 e. The first-order chi connectivity index (χ1) is 10.3. The van der Waals surface area contributed by atoms with Crippen molar-refractivity contribution in [3.8, 4) is 11.3 Å². The minimum Gasteiger partial charge on any atom is -0.308 e. The summed E-state index contributed by atoms with van der Waals surface area (Å²) >= 11 is 5.93. The number of imidazole rings is 1. The van der Waals surface area contributed by atoms with Gasteiger partial charge < -0.3 is 4.57 Å². The molecule has 0 bridgehead atoms. The number of aromatic nitrogens is 2. The SMILES string of the molecule is Cn1c(Cl)nc(-c2ccccc2)c1S(=O)(=O)CCC=C(F)F. The second-order valence-corrected chi connectivity index (χ2v) is 6.92. The molecule has 0 aliphatic heterocycles. The number of halogens is 3. The molecule has 2 aromatic rings. The van der Waals surface area contributed by atoms with Gasteiger partial charge in [-0.3, -0.25) is 0 Å². The lowest BCUT2D eigenvalue weighted by atomic mass is 10.2. The summed E-state index contributed by atoms with van der Waals surface area (Å²) in [5, 5.41) is -0.0546. The molecule has 0 aliphatic carbocycles. The van der Waals surface area contributed by atoms with E-state index in [1.807, 2.05) is 0 Å². The third-order valence-corrected chi connectivity index (χ3v) is 5.18. The van der Waals surface area contributed by atoms with E-state index in [1.54, 1.807) is 30.3 Å². The van der Waals surface area contributed by atoms with Crippen LogP contribution in [0.25, 0.3) is 11.3 Å². The number of nitrogens with zero attached hydrogens (tertiary/aromatic N) is 2. The van der Waals surface area contributed by atoms with Gasteiger partial charge in [0.15, 0.2) is 14.9 Å². The molecule has 118 valence electrons. The summed E-state index contributed by atoms with van der Waals surface area (Å²) in [5.41, 5.74) is 0.814. The summed E-state index contributed by atoms with van der Waals surface area (Å²) in [6.07, 6.45) is -1.60. The highest BCUT2D eigenvalue weighted by atomic mass is 35.5. The van der Waals surface area contributed by atoms with Crippen LogP contribution in [0, 0.1) is 0 Å². The van der Waals surface area contributed by atoms with Gasteiger partial charge in [-0.15, -0.1) is 0 Å². The Balaban J connectivity index is 2.48. The van der Waals surface area contributed by atoms with Crippen molar-refractivity contribution in [3.05, 3.63) is 47.8 Å². The van der Waals surface area contributed by atoms with E-state index >= 15 is 0 Å². The Bertz CT molecular complexity index is 798. The predicted molar refractivity (Wildman–Crippen MR) is 80.6 cm³/mol. The summed E-state index contributed by atoms with van der Waals surface area (Å²) in [4.78, 5) is 4.08. The standard InChI is InChI=1S/C14H13ClF2N2O2S/c1-19-13(22(20,21)9-5-8-11(16)17)12(18-14(19)15)10-6-3-2-4-7-10/h2-4,6-8H,5,9H2,1H3. The highest BCUT2D eigenvalue weighted by molar-refractivity contribution is 7.91. The maximum atomic E-state index is 12.4. The molecule has 0 aliphatic rings. The Labute approximate surface area is 132 Å². The van der Waals surface area contributed by atoms with Gasteiger partial charge in [0.1, 0.15) is 5.69 Å². The van der Waals surface area contributed by atoms with Gasteiger partial charge in [-0.2, -0.15) is 8.78 Å². The van der Waals surface area contributed by atoms with Crippen molar-refractivity contribution < 1.29 is 17.2 Å². The molecule has 0 saturated heterocycles. The van der Waals surface area contributed by atoms with E-state index in [1.165, 1.54) is 11.6 Å². The third-order valence-electron chi connectivity index (χ3n) is 3.02. The molecule has 1 aromatic carbocycles. The zero-order chi connectivity index (χ0) is 16.3. The number of rotatable bonds is 5. The molecule has 8 heteroatoms. The van der Waals surface area contributed by atoms with Gasteiger partial charge in [-0.1, -0.05) is 30.3 Å². The Hall–Kier alpha value is -1.73. The highest BCUT2D eigenvalue weighted by Gasteiger charge is 2.26. The van der Waals surface area contributed by atoms with Crippen LogP contribution in [-0.4, -0.2) is 23.7 Å². The molecular weight excluding hydrogens is 334 g/mol. The van der Waals surface area contributed by atoms with E-state index < -0.39 is 21.7 Å². The molecule has 0 atom stereocenters. The first kappa shape index (κ1) is 16.6. The van der Waals surface area contributed by atoms with Crippen molar-refractivity contribution in [1.29, 1.82) is 0 Å². The van der Waals surface area contributed by atoms with E-state index in [-0.39, 0.29) is 22.4 Å². The maximum Gasteiger partial charge on any atom is 0.266 e. The first-order valence-corrected chi connectivity index (χ1v) is 8.37. The van der Waals surface area contributed by atoms with Crippen molar-refractivity contribution in [2.45, 2.75) is 11.4 Å². The van der Waals surface area contributed by atoms with Gasteiger partial charge in [0.2, 0.25) is 5.28 Å². The van der Waals surface area contributed by atoms with E-state index in [2.05, 4.69) is 4.98 Å². The van der Waals surface area contributed by atoms with Crippen LogP contribution in [0.1, 0.15) is 6.42 Å². The summed E-state index contributed by atoms with van der Waals surface area (Å²) in [6.45, 7) is 0. The zero-order valence-corrected chi connectivity index (χ0v) is 13.2. The summed E-state index contributed by atoms with van der Waals surface area (Å²) in [6, 6.07) is 8.69. The fraction of sp³-hybridized carbons (Fsp3) is 0.214. The van der Waals surface area contributed by atoms with Crippen LogP contribution in [0.3, 0.4) is 0 Å². The van der Waals surface area contributed by atoms with Gasteiger partial charge in [-0.25, -0.2) is 13.4 Å². The lowest BCUT2D eigenvalue weighted by Crippen LogP contribution is -2.12. The largest absolute Gasteiger partial charge is 0.308 e. The van der Waals surface area contributed by atoms with Crippen LogP contribution in [0.15, 0.2) is 47.5 Å². The van der Waals surface area contributed by atoms with Gasteiger partial charge in [0.25, 0.3) is 6.08 Å². The van der Waals surface area contributed by atoms with E-state index in [9.17, 15) is 17.2 Å². The molecule has 0 N–H and O–H groups in total. The second kappa shape index (κ2) is 6.58. The average Bonchev–Trinajstić information content (AvgIpc) is 2.76. The molecule has 22 heavy (non-hydrogen) atoms. The lowest BCUT2D eigenvalue weighted by molar-refractivity contribution is 0.418. The quantitative estimate of drug-likeness (QED) is 0.829. The Morgan fingerprint density at radius 1 is 1.32 bits per heavy atom. The number of sulfone groups is 1. The van der Waals surface area contributed by atoms with Gasteiger partial charge >= 0.3 is 0 Å². The van der Waals surface area contributed by atoms with E-state index in [4.69, 9.17) is 11.6 Å². The molecule has 0 amide bonds. The monoisotopic (exact) mass is 346 g/mol. The average molecular weight is 347 g/mol. The van der Waals surface area contributed by atoms with Crippen molar-refractivity contribution in [2.24, 2.45) is 7.05 Å². The summed E-state index contributed by atoms with van der Waals surface area (Å²) in [5.74, 6) is -0.444. The lowest BCUT2D eigenvalue weighted by Gasteiger charge is -2.07. The zero-order valence-electron chi connectivity index (χ0n) is 11.6. The Kier molecular flexibility index (Phi) is 4.97. The van der Waals surface area contributed by atoms with Crippen LogP contribution in [0.5, 0.6) is 0 Å². The van der Waals surface area contributed by atoms with Gasteiger partial charge in [-0.05, 0) is 24.1 Å². The number of allylic oxidation sites excluding steroid dienone is 1. The van der Waals surface area contributed by atoms with Crippen molar-refractivity contribution in [2.75, 3.05) is 5.75 Å². The molecule has 0 unspecified atom stereocenters. The number of benzene rings is 1. The van der Waals surface area contributed by atoms with Crippen LogP contribution in [-0.2, 0) is 16.9 Å². The predicted octanol–water partition coefficient (Wildman–Crippen LogP) is 3.68.